The average molecular weight is 410 g/mol. The molecule has 0 radical (unpaired) electrons. The van der Waals surface area contributed by atoms with Gasteiger partial charge in [0.05, 0.1) is 16.8 Å². The average Bonchev–Trinajstić information content (AvgIpc) is 3.32. The summed E-state index contributed by atoms with van der Waals surface area (Å²) in [6.45, 7) is 2.45. The number of fused-ring (bicyclic) bond motifs is 1. The molecule has 0 atom stereocenters. The minimum Gasteiger partial charge on any atom is -0.484 e. The maximum Gasteiger partial charge on any atom is 0.260 e. The predicted octanol–water partition coefficient (Wildman–Crippen LogP) is 4.77. The van der Waals surface area contributed by atoms with Crippen molar-refractivity contribution in [3.63, 3.8) is 0 Å². The van der Waals surface area contributed by atoms with Crippen LogP contribution in [0.5, 0.6) is 5.75 Å². The van der Waals surface area contributed by atoms with E-state index in [1.807, 2.05) is 60.8 Å². The van der Waals surface area contributed by atoms with Crippen LogP contribution in [0.3, 0.4) is 0 Å². The fraction of sp³-hybridized carbons (Fsp3) is 0.190. The first-order valence-electron chi connectivity index (χ1n) is 8.82. The lowest BCUT2D eigenvalue weighted by atomic mass is 10.2. The lowest BCUT2D eigenvalue weighted by Gasteiger charge is -2.16. The van der Waals surface area contributed by atoms with Gasteiger partial charge in [-0.2, -0.15) is 0 Å². The van der Waals surface area contributed by atoms with E-state index in [1.165, 1.54) is 0 Å². The zero-order valence-electron chi connectivity index (χ0n) is 15.6. The van der Waals surface area contributed by atoms with Crippen LogP contribution in [0, 0.1) is 6.92 Å². The molecule has 2 heterocycles. The molecule has 0 aliphatic rings. The van der Waals surface area contributed by atoms with Gasteiger partial charge in [-0.25, -0.2) is 9.97 Å². The minimum atomic E-state index is -0.0844. The van der Waals surface area contributed by atoms with Gasteiger partial charge in [-0.15, -0.1) is 22.7 Å². The zero-order chi connectivity index (χ0) is 19.5. The van der Waals surface area contributed by atoms with Gasteiger partial charge in [-0.3, -0.25) is 4.79 Å². The number of carbonyl (C=O) groups excluding carboxylic acids is 1. The Bertz CT molecular complexity index is 1070. The molecule has 0 saturated heterocycles. The highest BCUT2D eigenvalue weighted by molar-refractivity contribution is 7.18. The quantitative estimate of drug-likeness (QED) is 0.460. The Morgan fingerprint density at radius 3 is 2.61 bits per heavy atom. The Kier molecular flexibility index (Phi) is 5.36. The Balaban J connectivity index is 1.33. The van der Waals surface area contributed by atoms with E-state index >= 15 is 0 Å². The van der Waals surface area contributed by atoms with Crippen LogP contribution in [0.15, 0.2) is 53.9 Å². The summed E-state index contributed by atoms with van der Waals surface area (Å²) in [7, 11) is 1.77. The topological polar surface area (TPSA) is 55.3 Å². The van der Waals surface area contributed by atoms with Crippen molar-refractivity contribution in [3.8, 4) is 16.3 Å². The fourth-order valence-electron chi connectivity index (χ4n) is 2.71. The van der Waals surface area contributed by atoms with Crippen molar-refractivity contribution in [1.82, 2.24) is 14.9 Å². The van der Waals surface area contributed by atoms with Gasteiger partial charge < -0.3 is 9.64 Å². The Morgan fingerprint density at radius 1 is 1.11 bits per heavy atom. The third kappa shape index (κ3) is 4.21. The van der Waals surface area contributed by atoms with Crippen LogP contribution in [0.4, 0.5) is 0 Å². The number of amides is 1. The number of benzene rings is 2. The molecular weight excluding hydrogens is 390 g/mol. The maximum absolute atomic E-state index is 12.4. The molecule has 0 unspecified atom stereocenters. The molecule has 1 amide bonds. The first kappa shape index (κ1) is 18.6. The van der Waals surface area contributed by atoms with E-state index in [1.54, 1.807) is 34.6 Å². The number of hydrogen-bond donors (Lipinski definition) is 0. The largest absolute Gasteiger partial charge is 0.484 e. The number of para-hydroxylation sites is 1. The smallest absolute Gasteiger partial charge is 0.260 e. The maximum atomic E-state index is 12.4. The van der Waals surface area contributed by atoms with Crippen molar-refractivity contribution in [2.45, 2.75) is 13.5 Å². The second-order valence-corrected chi connectivity index (χ2v) is 8.41. The molecule has 0 spiro atoms. The molecule has 4 aromatic rings. The molecule has 0 N–H and O–H groups in total. The number of hydrogen-bond acceptors (Lipinski definition) is 6. The molecule has 2 aromatic carbocycles. The highest BCUT2D eigenvalue weighted by atomic mass is 32.1. The van der Waals surface area contributed by atoms with Gasteiger partial charge in [0.25, 0.3) is 5.91 Å². The SMILES string of the molecule is Cc1csc(-c2ccc(OCC(=O)N(C)Cc3nc4ccccc4s3)cc2)n1. The summed E-state index contributed by atoms with van der Waals surface area (Å²) in [5.41, 5.74) is 3.03. The number of carbonyl (C=O) groups is 1. The molecule has 0 fully saturated rings. The minimum absolute atomic E-state index is 0.00288. The zero-order valence-corrected chi connectivity index (χ0v) is 17.2. The third-order valence-corrected chi connectivity index (χ3v) is 6.25. The third-order valence-electron chi connectivity index (χ3n) is 4.22. The first-order valence-corrected chi connectivity index (χ1v) is 10.5. The van der Waals surface area contributed by atoms with Crippen molar-refractivity contribution in [3.05, 3.63) is 64.6 Å². The first-order chi connectivity index (χ1) is 13.6. The van der Waals surface area contributed by atoms with Crippen LogP contribution in [0.25, 0.3) is 20.8 Å². The van der Waals surface area contributed by atoms with Crippen LogP contribution >= 0.6 is 22.7 Å². The number of aryl methyl sites for hydroxylation is 1. The summed E-state index contributed by atoms with van der Waals surface area (Å²) in [6, 6.07) is 15.6. The van der Waals surface area contributed by atoms with Crippen molar-refractivity contribution < 1.29 is 9.53 Å². The molecule has 28 heavy (non-hydrogen) atoms. The number of nitrogens with zero attached hydrogens (tertiary/aromatic N) is 3. The van der Waals surface area contributed by atoms with Crippen molar-refractivity contribution in [1.29, 1.82) is 0 Å². The summed E-state index contributed by atoms with van der Waals surface area (Å²) in [5.74, 6) is 0.581. The van der Waals surface area contributed by atoms with Gasteiger partial charge in [0, 0.05) is 23.7 Å². The van der Waals surface area contributed by atoms with Gasteiger partial charge in [0.15, 0.2) is 6.61 Å². The second-order valence-electron chi connectivity index (χ2n) is 6.43. The van der Waals surface area contributed by atoms with Gasteiger partial charge in [-0.1, -0.05) is 12.1 Å². The standard InChI is InChI=1S/C21H19N3O2S2/c1-14-13-27-21(22-14)15-7-9-16(10-8-15)26-12-20(25)24(2)11-19-23-17-5-3-4-6-18(17)28-19/h3-10,13H,11-12H2,1-2H3. The molecule has 7 heteroatoms. The number of ether oxygens (including phenoxy) is 1. The van der Waals surface area contributed by atoms with Crippen molar-refractivity contribution >= 4 is 38.8 Å². The van der Waals surface area contributed by atoms with Crippen molar-refractivity contribution in [2.24, 2.45) is 0 Å². The van der Waals surface area contributed by atoms with E-state index in [9.17, 15) is 4.79 Å². The van der Waals surface area contributed by atoms with Gasteiger partial charge in [0.2, 0.25) is 0 Å². The molecular formula is C21H19N3O2S2. The molecule has 0 saturated carbocycles. The van der Waals surface area contributed by atoms with Crippen LogP contribution in [0.1, 0.15) is 10.7 Å². The van der Waals surface area contributed by atoms with E-state index in [0.717, 1.165) is 31.5 Å². The monoisotopic (exact) mass is 409 g/mol. The Morgan fingerprint density at radius 2 is 1.89 bits per heavy atom. The Labute approximate surface area is 171 Å². The van der Waals surface area contributed by atoms with Crippen LogP contribution in [-0.2, 0) is 11.3 Å². The van der Waals surface area contributed by atoms with E-state index in [4.69, 9.17) is 4.74 Å². The molecule has 0 aliphatic carbocycles. The van der Waals surface area contributed by atoms with Gasteiger partial charge in [0.1, 0.15) is 15.8 Å². The summed E-state index contributed by atoms with van der Waals surface area (Å²) < 4.78 is 6.79. The molecule has 5 nitrogen and oxygen atoms in total. The normalized spacial score (nSPS) is 10.9. The van der Waals surface area contributed by atoms with Crippen molar-refractivity contribution in [2.75, 3.05) is 13.7 Å². The number of aromatic nitrogens is 2. The van der Waals surface area contributed by atoms with Crippen LogP contribution < -0.4 is 4.74 Å². The molecule has 0 aliphatic heterocycles. The van der Waals surface area contributed by atoms with Gasteiger partial charge in [-0.05, 0) is 43.3 Å². The molecule has 142 valence electrons. The van der Waals surface area contributed by atoms with E-state index in [0.29, 0.717) is 12.3 Å². The number of rotatable bonds is 6. The molecule has 2 aromatic heterocycles. The summed E-state index contributed by atoms with van der Waals surface area (Å²) in [5, 5.41) is 3.93. The van der Waals surface area contributed by atoms with E-state index in [2.05, 4.69) is 9.97 Å². The Hall–Kier alpha value is -2.77. The second kappa shape index (κ2) is 8.08. The number of likely N-dealkylation sites (N-methyl/N-ethyl adjacent to an activating group) is 1. The lowest BCUT2D eigenvalue weighted by molar-refractivity contribution is -0.132. The summed E-state index contributed by atoms with van der Waals surface area (Å²) in [6.07, 6.45) is 0. The summed E-state index contributed by atoms with van der Waals surface area (Å²) >= 11 is 3.22. The summed E-state index contributed by atoms with van der Waals surface area (Å²) in [4.78, 5) is 23.1. The van der Waals surface area contributed by atoms with Gasteiger partial charge >= 0.3 is 0 Å². The fourth-order valence-corrected chi connectivity index (χ4v) is 4.54. The predicted molar refractivity (Wildman–Crippen MR) is 114 cm³/mol. The number of thiazole rings is 2. The van der Waals surface area contributed by atoms with Crippen LogP contribution in [-0.4, -0.2) is 34.4 Å². The highest BCUT2D eigenvalue weighted by Crippen LogP contribution is 2.26. The molecule has 4 rings (SSSR count). The van der Waals surface area contributed by atoms with Crippen LogP contribution in [0.2, 0.25) is 0 Å². The lowest BCUT2D eigenvalue weighted by Crippen LogP contribution is -2.30. The van der Waals surface area contributed by atoms with E-state index in [-0.39, 0.29) is 12.5 Å². The highest BCUT2D eigenvalue weighted by Gasteiger charge is 2.13. The molecule has 0 bridgehead atoms. The van der Waals surface area contributed by atoms with E-state index < -0.39 is 0 Å².